The summed E-state index contributed by atoms with van der Waals surface area (Å²) in [5.41, 5.74) is 2.23. The third-order valence-corrected chi connectivity index (χ3v) is 4.61. The molecular weight excluding hydrogens is 416 g/mol. The Morgan fingerprint density at radius 1 is 1.19 bits per heavy atom. The van der Waals surface area contributed by atoms with E-state index in [4.69, 9.17) is 23.4 Å². The highest BCUT2D eigenvalue weighted by Crippen LogP contribution is 2.34. The molecular formula is C24H28O8. The number of benzene rings is 1. The summed E-state index contributed by atoms with van der Waals surface area (Å²) >= 11 is 0. The number of ether oxygens (including phenoxy) is 4. The van der Waals surface area contributed by atoms with Crippen LogP contribution >= 0.6 is 0 Å². The number of rotatable bonds is 11. The Bertz CT molecular complexity index is 986. The lowest BCUT2D eigenvalue weighted by Gasteiger charge is -2.18. The van der Waals surface area contributed by atoms with Gasteiger partial charge in [0, 0.05) is 26.0 Å². The molecule has 0 saturated carbocycles. The summed E-state index contributed by atoms with van der Waals surface area (Å²) in [7, 11) is 4.38. The fourth-order valence-electron chi connectivity index (χ4n) is 3.16. The molecule has 0 bridgehead atoms. The highest BCUT2D eigenvalue weighted by atomic mass is 16.6. The lowest BCUT2D eigenvalue weighted by atomic mass is 9.94. The average molecular weight is 444 g/mol. The van der Waals surface area contributed by atoms with Crippen LogP contribution in [-0.2, 0) is 25.6 Å². The van der Waals surface area contributed by atoms with Crippen LogP contribution in [0, 0.1) is 0 Å². The number of carbonyl (C=O) groups is 2. The maximum atomic E-state index is 12.1. The molecule has 0 aliphatic heterocycles. The SMILES string of the molecule is C=C(COC)/C(=C/C[C@H](OC(C)=O)c1ccc(CO)o1)c1cc(C(=O)OC)ccc1OC. The molecule has 1 heterocycles. The van der Waals surface area contributed by atoms with Crippen LogP contribution in [0.4, 0.5) is 0 Å². The minimum absolute atomic E-state index is 0.227. The molecule has 0 radical (unpaired) electrons. The van der Waals surface area contributed by atoms with Crippen molar-refractivity contribution in [2.24, 2.45) is 0 Å². The standard InChI is InChI=1S/C24H28O8/c1-15(14-28-3)19(20-12-17(24(27)30-5)6-9-21(20)29-4)8-11-22(31-16(2)26)23-10-7-18(13-25)32-23/h6-10,12,22,25H,1,11,13-14H2,2-5H3/b19-8-/t22-/m0/s1. The van der Waals surface area contributed by atoms with Gasteiger partial charge < -0.3 is 28.5 Å². The summed E-state index contributed by atoms with van der Waals surface area (Å²) in [6.45, 7) is 5.36. The first-order valence-corrected chi connectivity index (χ1v) is 9.85. The van der Waals surface area contributed by atoms with E-state index in [1.165, 1.54) is 21.1 Å². The molecule has 2 aromatic rings. The molecule has 8 nitrogen and oxygen atoms in total. The molecule has 0 saturated heterocycles. The zero-order chi connectivity index (χ0) is 23.7. The van der Waals surface area contributed by atoms with E-state index < -0.39 is 18.0 Å². The number of aliphatic hydroxyl groups excluding tert-OH is 1. The van der Waals surface area contributed by atoms with Gasteiger partial charge in [-0.25, -0.2) is 4.79 Å². The second-order valence-electron chi connectivity index (χ2n) is 6.86. The van der Waals surface area contributed by atoms with E-state index in [0.29, 0.717) is 39.5 Å². The van der Waals surface area contributed by atoms with Crippen LogP contribution in [-0.4, -0.2) is 45.0 Å². The molecule has 1 aromatic carbocycles. The van der Waals surface area contributed by atoms with Crippen molar-refractivity contribution in [3.8, 4) is 5.75 Å². The van der Waals surface area contributed by atoms with Crippen LogP contribution in [0.25, 0.3) is 5.57 Å². The van der Waals surface area contributed by atoms with Crippen LogP contribution < -0.4 is 4.74 Å². The molecule has 0 fully saturated rings. The first-order chi connectivity index (χ1) is 15.3. The van der Waals surface area contributed by atoms with Crippen molar-refractivity contribution in [1.82, 2.24) is 0 Å². The van der Waals surface area contributed by atoms with Crippen LogP contribution in [0.3, 0.4) is 0 Å². The molecule has 1 N–H and O–H groups in total. The number of carbonyl (C=O) groups excluding carboxylic acids is 2. The second kappa shape index (κ2) is 11.9. The van der Waals surface area contributed by atoms with E-state index in [9.17, 15) is 14.7 Å². The van der Waals surface area contributed by atoms with Crippen molar-refractivity contribution in [3.05, 3.63) is 71.2 Å². The quantitative estimate of drug-likeness (QED) is 0.412. The summed E-state index contributed by atoms with van der Waals surface area (Å²) in [4.78, 5) is 23.7. The van der Waals surface area contributed by atoms with Crippen molar-refractivity contribution >= 4 is 17.5 Å². The number of methoxy groups -OCH3 is 3. The Morgan fingerprint density at radius 2 is 1.94 bits per heavy atom. The Balaban J connectivity index is 2.52. The molecule has 0 unspecified atom stereocenters. The first-order valence-electron chi connectivity index (χ1n) is 9.85. The summed E-state index contributed by atoms with van der Waals surface area (Å²) in [5.74, 6) is 0.305. The van der Waals surface area contributed by atoms with Gasteiger partial charge >= 0.3 is 11.9 Å². The first kappa shape index (κ1) is 24.9. The Labute approximate surface area is 187 Å². The molecule has 0 amide bonds. The van der Waals surface area contributed by atoms with E-state index in [2.05, 4.69) is 6.58 Å². The van der Waals surface area contributed by atoms with Crippen molar-refractivity contribution < 1.29 is 38.1 Å². The van der Waals surface area contributed by atoms with Crippen molar-refractivity contribution in [1.29, 1.82) is 0 Å². The fraction of sp³-hybridized carbons (Fsp3) is 0.333. The molecule has 32 heavy (non-hydrogen) atoms. The van der Waals surface area contributed by atoms with Crippen LogP contribution in [0.2, 0.25) is 0 Å². The van der Waals surface area contributed by atoms with Crippen molar-refractivity contribution in [3.63, 3.8) is 0 Å². The number of furan rings is 1. The van der Waals surface area contributed by atoms with Crippen molar-refractivity contribution in [2.45, 2.75) is 26.1 Å². The van der Waals surface area contributed by atoms with Gasteiger partial charge in [0.05, 0.1) is 26.4 Å². The number of esters is 2. The van der Waals surface area contributed by atoms with Gasteiger partial charge in [0.1, 0.15) is 23.9 Å². The smallest absolute Gasteiger partial charge is 0.337 e. The minimum Gasteiger partial charge on any atom is -0.496 e. The topological polar surface area (TPSA) is 104 Å². The Kier molecular flexibility index (Phi) is 9.24. The average Bonchev–Trinajstić information content (AvgIpc) is 3.27. The monoisotopic (exact) mass is 444 g/mol. The van der Waals surface area contributed by atoms with Gasteiger partial charge in [-0.2, -0.15) is 0 Å². The van der Waals surface area contributed by atoms with Gasteiger partial charge in [-0.15, -0.1) is 0 Å². The van der Waals surface area contributed by atoms with E-state index >= 15 is 0 Å². The summed E-state index contributed by atoms with van der Waals surface area (Å²) < 4.78 is 26.6. The van der Waals surface area contributed by atoms with Crippen LogP contribution in [0.1, 0.15) is 46.9 Å². The maximum absolute atomic E-state index is 12.1. The molecule has 1 atom stereocenters. The number of aliphatic hydroxyl groups is 1. The van der Waals surface area contributed by atoms with Crippen LogP contribution in [0.5, 0.6) is 5.75 Å². The summed E-state index contributed by atoms with van der Waals surface area (Å²) in [6, 6.07) is 8.18. The van der Waals surface area contributed by atoms with E-state index in [-0.39, 0.29) is 19.6 Å². The normalized spacial score (nSPS) is 12.2. The molecule has 1 aromatic heterocycles. The third-order valence-electron chi connectivity index (χ3n) is 4.61. The van der Waals surface area contributed by atoms with Gasteiger partial charge in [0.15, 0.2) is 6.10 Å². The largest absolute Gasteiger partial charge is 0.496 e. The van der Waals surface area contributed by atoms with Crippen LogP contribution in [0.15, 0.2) is 53.0 Å². The van der Waals surface area contributed by atoms with E-state index in [1.54, 1.807) is 37.4 Å². The summed E-state index contributed by atoms with van der Waals surface area (Å²) in [6.07, 6.45) is 1.32. The third kappa shape index (κ3) is 6.32. The second-order valence-corrected chi connectivity index (χ2v) is 6.86. The predicted molar refractivity (Wildman–Crippen MR) is 117 cm³/mol. The molecule has 0 aliphatic rings. The fourth-order valence-corrected chi connectivity index (χ4v) is 3.16. The molecule has 0 aliphatic carbocycles. The van der Waals surface area contributed by atoms with E-state index in [0.717, 1.165) is 0 Å². The highest BCUT2D eigenvalue weighted by Gasteiger charge is 2.21. The van der Waals surface area contributed by atoms with Crippen molar-refractivity contribution in [2.75, 3.05) is 27.9 Å². The van der Waals surface area contributed by atoms with Gasteiger partial charge in [-0.1, -0.05) is 12.7 Å². The molecule has 2 rings (SSSR count). The maximum Gasteiger partial charge on any atom is 0.337 e. The van der Waals surface area contributed by atoms with E-state index in [1.807, 2.05) is 6.08 Å². The lowest BCUT2D eigenvalue weighted by Crippen LogP contribution is -2.08. The predicted octanol–water partition coefficient (Wildman–Crippen LogP) is 3.85. The number of hydrogen-bond acceptors (Lipinski definition) is 8. The van der Waals surface area contributed by atoms with Gasteiger partial charge in [0.25, 0.3) is 0 Å². The lowest BCUT2D eigenvalue weighted by molar-refractivity contribution is -0.147. The highest BCUT2D eigenvalue weighted by molar-refractivity contribution is 5.92. The summed E-state index contributed by atoms with van der Waals surface area (Å²) in [5, 5.41) is 9.27. The molecule has 172 valence electrons. The van der Waals surface area contributed by atoms with Gasteiger partial charge in [-0.3, -0.25) is 4.79 Å². The zero-order valence-corrected chi connectivity index (χ0v) is 18.7. The minimum atomic E-state index is -0.729. The number of hydrogen-bond donors (Lipinski definition) is 1. The zero-order valence-electron chi connectivity index (χ0n) is 18.7. The Hall–Kier alpha value is -3.36. The molecule has 0 spiro atoms. The molecule has 8 heteroatoms. The van der Waals surface area contributed by atoms with Gasteiger partial charge in [0.2, 0.25) is 0 Å². The van der Waals surface area contributed by atoms with Gasteiger partial charge in [-0.05, 0) is 41.5 Å². The Morgan fingerprint density at radius 3 is 2.50 bits per heavy atom.